The zero-order valence-electron chi connectivity index (χ0n) is 19.1. The predicted molar refractivity (Wildman–Crippen MR) is 131 cm³/mol. The van der Waals surface area contributed by atoms with Crippen molar-refractivity contribution in [2.75, 3.05) is 18.0 Å². The first-order valence-corrected chi connectivity index (χ1v) is 13.4. The van der Waals surface area contributed by atoms with E-state index in [-0.39, 0.29) is 18.2 Å². The van der Waals surface area contributed by atoms with Crippen molar-refractivity contribution < 1.29 is 22.1 Å². The van der Waals surface area contributed by atoms with Crippen LogP contribution in [0.3, 0.4) is 0 Å². The van der Waals surface area contributed by atoms with E-state index in [1.807, 2.05) is 38.1 Å². The van der Waals surface area contributed by atoms with Crippen molar-refractivity contribution in [1.29, 1.82) is 0 Å². The summed E-state index contributed by atoms with van der Waals surface area (Å²) in [6.07, 6.45) is -1.41. The molecule has 1 saturated heterocycles. The van der Waals surface area contributed by atoms with E-state index < -0.39 is 23.0 Å². The van der Waals surface area contributed by atoms with Gasteiger partial charge in [0.25, 0.3) is 5.19 Å². The number of benzene rings is 1. The number of aromatic nitrogens is 4. The van der Waals surface area contributed by atoms with Crippen molar-refractivity contribution >= 4 is 38.4 Å². The Hall–Kier alpha value is -3.12. The summed E-state index contributed by atoms with van der Waals surface area (Å²) >= 11 is 1.27. The van der Waals surface area contributed by atoms with Crippen LogP contribution in [0.2, 0.25) is 0 Å². The lowest BCUT2D eigenvalue weighted by Crippen LogP contribution is -2.47. The summed E-state index contributed by atoms with van der Waals surface area (Å²) in [5.74, 6) is 0.753. The van der Waals surface area contributed by atoms with Crippen molar-refractivity contribution in [3.63, 3.8) is 0 Å². The molecule has 4 heterocycles. The van der Waals surface area contributed by atoms with Gasteiger partial charge in [0, 0.05) is 24.4 Å². The minimum atomic E-state index is -2.46. The van der Waals surface area contributed by atoms with Gasteiger partial charge in [-0.25, -0.2) is 22.8 Å². The molecule has 0 amide bonds. The van der Waals surface area contributed by atoms with Crippen LogP contribution in [0.15, 0.2) is 40.9 Å². The van der Waals surface area contributed by atoms with E-state index >= 15 is 0 Å². The van der Waals surface area contributed by atoms with Gasteiger partial charge in [-0.1, -0.05) is 54.6 Å². The van der Waals surface area contributed by atoms with E-state index in [4.69, 9.17) is 9.26 Å². The van der Waals surface area contributed by atoms with Crippen molar-refractivity contribution in [1.82, 2.24) is 20.1 Å². The number of ether oxygens (including phenoxy) is 1. The van der Waals surface area contributed by atoms with Crippen LogP contribution >= 0.6 is 11.3 Å². The molecule has 0 spiro atoms. The monoisotopic (exact) mass is 517 g/mol. The molecule has 5 rings (SSSR count). The lowest BCUT2D eigenvalue weighted by Gasteiger charge is -2.32. The molecule has 0 saturated carbocycles. The average Bonchev–Trinajstić information content (AvgIpc) is 3.47. The molecule has 3 aromatic heterocycles. The molecule has 184 valence electrons. The Morgan fingerprint density at radius 3 is 2.66 bits per heavy atom. The van der Waals surface area contributed by atoms with Crippen LogP contribution < -0.4 is 9.64 Å². The lowest BCUT2D eigenvalue weighted by molar-refractivity contribution is 0.0802. The van der Waals surface area contributed by atoms with Crippen molar-refractivity contribution in [2.45, 2.75) is 44.2 Å². The van der Waals surface area contributed by atoms with E-state index in [9.17, 15) is 12.8 Å². The van der Waals surface area contributed by atoms with Gasteiger partial charge < -0.3 is 14.2 Å². The molecule has 4 aromatic rings. The number of fused-ring (bicyclic) bond motifs is 1. The van der Waals surface area contributed by atoms with Crippen molar-refractivity contribution in [3.8, 4) is 16.5 Å². The molecule has 9 nitrogen and oxygen atoms in total. The van der Waals surface area contributed by atoms with Crippen LogP contribution in [0, 0.1) is 0 Å². The number of rotatable bonds is 7. The van der Waals surface area contributed by atoms with Crippen LogP contribution in [-0.4, -0.2) is 53.9 Å². The van der Waals surface area contributed by atoms with Crippen molar-refractivity contribution in [3.05, 3.63) is 47.8 Å². The largest absolute Gasteiger partial charge is 0.463 e. The van der Waals surface area contributed by atoms with Crippen LogP contribution in [0.1, 0.15) is 37.6 Å². The number of thiazole rings is 1. The molecule has 0 aliphatic carbocycles. The number of alkyl halides is 1. The van der Waals surface area contributed by atoms with Crippen LogP contribution in [0.4, 0.5) is 10.4 Å². The Bertz CT molecular complexity index is 1390. The number of pyridine rings is 1. The summed E-state index contributed by atoms with van der Waals surface area (Å²) in [5.41, 5.74) is 3.01. The van der Waals surface area contributed by atoms with Crippen LogP contribution in [-0.2, 0) is 16.5 Å². The van der Waals surface area contributed by atoms with Gasteiger partial charge in [-0.2, -0.15) is 4.98 Å². The topological polar surface area (TPSA) is 111 Å². The molecule has 2 atom stereocenters. The summed E-state index contributed by atoms with van der Waals surface area (Å²) in [7, 11) is -2.46. The molecular weight excluding hydrogens is 493 g/mol. The predicted octanol–water partition coefficient (Wildman–Crippen LogP) is 3.97. The van der Waals surface area contributed by atoms with Gasteiger partial charge in [0.1, 0.15) is 27.2 Å². The SMILES string of the molecule is CC(C)c1noc(N2CCC(Oc3nc4ccc(-c5ccc(C[SH](=O)=O)cc5)nc4s3)C(F)C2)n1. The maximum absolute atomic E-state index is 15.0. The van der Waals surface area contributed by atoms with Crippen molar-refractivity contribution in [2.24, 2.45) is 0 Å². The molecule has 1 fully saturated rings. The summed E-state index contributed by atoms with van der Waals surface area (Å²) in [6, 6.07) is 11.3. The van der Waals surface area contributed by atoms with E-state index in [0.29, 0.717) is 40.3 Å². The summed E-state index contributed by atoms with van der Waals surface area (Å²) in [6.45, 7) is 4.59. The van der Waals surface area contributed by atoms with Gasteiger partial charge in [-0.3, -0.25) is 0 Å². The van der Waals surface area contributed by atoms with Crippen LogP contribution in [0.5, 0.6) is 5.19 Å². The number of hydrogen-bond donors (Lipinski definition) is 1. The fraction of sp³-hybridized carbons (Fsp3) is 0.391. The highest BCUT2D eigenvalue weighted by Gasteiger charge is 2.34. The second-order valence-corrected chi connectivity index (χ2v) is 10.6. The Labute approximate surface area is 206 Å². The molecule has 1 aromatic carbocycles. The second kappa shape index (κ2) is 9.86. The molecule has 0 bridgehead atoms. The number of hydrogen-bond acceptors (Lipinski definition) is 10. The highest BCUT2D eigenvalue weighted by molar-refractivity contribution is 7.71. The minimum Gasteiger partial charge on any atom is -0.463 e. The van der Waals surface area contributed by atoms with Gasteiger partial charge >= 0.3 is 6.01 Å². The number of halogens is 1. The van der Waals surface area contributed by atoms with E-state index in [0.717, 1.165) is 16.8 Å². The summed E-state index contributed by atoms with van der Waals surface area (Å²) in [4.78, 5) is 15.9. The Kier molecular flexibility index (Phi) is 6.65. The lowest BCUT2D eigenvalue weighted by atomic mass is 10.1. The Balaban J connectivity index is 1.26. The summed E-state index contributed by atoms with van der Waals surface area (Å²) < 4.78 is 48.0. The van der Waals surface area contributed by atoms with E-state index in [1.165, 1.54) is 11.3 Å². The normalized spacial score (nSPS) is 18.6. The molecule has 35 heavy (non-hydrogen) atoms. The smallest absolute Gasteiger partial charge is 0.324 e. The molecule has 12 heteroatoms. The third-order valence-electron chi connectivity index (χ3n) is 5.75. The fourth-order valence-corrected chi connectivity index (χ4v) is 5.20. The zero-order valence-corrected chi connectivity index (χ0v) is 20.8. The van der Waals surface area contributed by atoms with Gasteiger partial charge in [-0.05, 0) is 17.7 Å². The Morgan fingerprint density at radius 2 is 1.97 bits per heavy atom. The molecule has 1 aliphatic heterocycles. The van der Waals surface area contributed by atoms with Gasteiger partial charge in [-0.15, -0.1) is 0 Å². The van der Waals surface area contributed by atoms with Gasteiger partial charge in [0.2, 0.25) is 0 Å². The maximum Gasteiger partial charge on any atom is 0.324 e. The third-order valence-corrected chi connectivity index (χ3v) is 7.23. The quantitative estimate of drug-likeness (QED) is 0.364. The van der Waals surface area contributed by atoms with Gasteiger partial charge in [0.15, 0.2) is 12.0 Å². The van der Waals surface area contributed by atoms with Crippen LogP contribution in [0.25, 0.3) is 21.6 Å². The minimum absolute atomic E-state index is 0.0139. The maximum atomic E-state index is 15.0. The second-order valence-electron chi connectivity index (χ2n) is 8.69. The molecule has 0 radical (unpaired) electrons. The third kappa shape index (κ3) is 5.27. The Morgan fingerprint density at radius 1 is 1.17 bits per heavy atom. The highest BCUT2D eigenvalue weighted by atomic mass is 32.2. The number of piperidine rings is 1. The first kappa shape index (κ1) is 23.6. The molecule has 2 unspecified atom stereocenters. The standard InChI is InChI=1S/C23H24FN5O4S2/c1-13(2)20-27-22(33-28-20)29-10-9-19(16(24)11-29)32-23-26-18-8-7-17(25-21(18)34-23)15-5-3-14(4-6-15)12-35(30)31/h3-8,13,16,19,35H,9-12H2,1-2H3. The zero-order chi connectivity index (χ0) is 24.5. The summed E-state index contributed by atoms with van der Waals surface area (Å²) in [5, 5.41) is 4.33. The molecular formula is C23H24FN5O4S2. The number of thiol groups is 1. The average molecular weight is 518 g/mol. The first-order valence-electron chi connectivity index (χ1n) is 11.2. The number of nitrogens with zero attached hydrogens (tertiary/aromatic N) is 5. The van der Waals surface area contributed by atoms with E-state index in [2.05, 4.69) is 20.1 Å². The first-order chi connectivity index (χ1) is 16.9. The van der Waals surface area contributed by atoms with E-state index in [1.54, 1.807) is 17.0 Å². The number of anilines is 1. The highest BCUT2D eigenvalue weighted by Crippen LogP contribution is 2.32. The van der Waals surface area contributed by atoms with Gasteiger partial charge in [0.05, 0.1) is 18.0 Å². The molecule has 1 aliphatic rings. The fourth-order valence-electron chi connectivity index (χ4n) is 3.85. The molecule has 0 N–H and O–H groups in total.